The Morgan fingerprint density at radius 2 is 0.615 bits per heavy atom. The molecule has 26 heavy (non-hydrogen) atoms. The van der Waals surface area contributed by atoms with Gasteiger partial charge in [-0.1, -0.05) is 34.6 Å². The summed E-state index contributed by atoms with van der Waals surface area (Å²) in [6.45, 7) is 7.87. The van der Waals surface area contributed by atoms with E-state index in [2.05, 4.69) is 0 Å². The smallest absolute Gasteiger partial charge is 0.303 e. The SMILES string of the molecule is CCC(=O)O.CCC(=O)O.CCC(=O)O.CCC(=O)[O-].CCC(=O)[O-].[Np]. The van der Waals surface area contributed by atoms with Gasteiger partial charge < -0.3 is 35.1 Å². The third-order valence-corrected chi connectivity index (χ3v) is 1.48. The number of hydrogen-bond donors (Lipinski definition) is 3. The molecular weight excluding hydrogens is 577 g/mol. The molecular formula is C15H28NpO10-2. The van der Waals surface area contributed by atoms with Crippen molar-refractivity contribution in [2.75, 3.05) is 0 Å². The van der Waals surface area contributed by atoms with Crippen LogP contribution in [0, 0.1) is 29.9 Å². The van der Waals surface area contributed by atoms with Gasteiger partial charge in [-0.3, -0.25) is 14.4 Å². The van der Waals surface area contributed by atoms with Crippen LogP contribution >= 0.6 is 0 Å². The Balaban J connectivity index is -0.0000000476. The summed E-state index contributed by atoms with van der Waals surface area (Å²) in [6.07, 6.45) is 0.889. The van der Waals surface area contributed by atoms with E-state index in [9.17, 15) is 34.2 Å². The van der Waals surface area contributed by atoms with E-state index in [0.29, 0.717) is 0 Å². The van der Waals surface area contributed by atoms with Crippen LogP contribution in [0.4, 0.5) is 0 Å². The molecule has 0 aromatic carbocycles. The number of hydrogen-bond acceptors (Lipinski definition) is 7. The molecule has 0 atom stereocenters. The van der Waals surface area contributed by atoms with E-state index in [-0.39, 0.29) is 62.0 Å². The average Bonchev–Trinajstić information content (AvgIpc) is 2.56. The summed E-state index contributed by atoms with van der Waals surface area (Å²) in [5.41, 5.74) is 0. The molecule has 0 saturated carbocycles. The van der Waals surface area contributed by atoms with Crippen LogP contribution in [0.2, 0.25) is 0 Å². The van der Waals surface area contributed by atoms with Crippen LogP contribution in [0.1, 0.15) is 66.7 Å². The number of carboxylic acid groups (broad SMARTS) is 5. The third kappa shape index (κ3) is 146. The fourth-order valence-corrected chi connectivity index (χ4v) is 0. The molecule has 0 bridgehead atoms. The van der Waals surface area contributed by atoms with Crippen molar-refractivity contribution in [3.8, 4) is 0 Å². The first kappa shape index (κ1) is 39.4. The van der Waals surface area contributed by atoms with Gasteiger partial charge in [-0.2, -0.15) is 0 Å². The van der Waals surface area contributed by atoms with Crippen LogP contribution in [0.15, 0.2) is 0 Å². The molecule has 0 unspecified atom stereocenters. The van der Waals surface area contributed by atoms with E-state index in [0.717, 1.165) is 0 Å². The zero-order valence-electron chi connectivity index (χ0n) is 15.7. The van der Waals surface area contributed by atoms with E-state index in [1.54, 1.807) is 20.8 Å². The molecule has 1 radical (unpaired) electrons. The van der Waals surface area contributed by atoms with Crippen molar-refractivity contribution in [1.82, 2.24) is 0 Å². The number of carboxylic acids is 5. The number of carbonyl (C=O) groups is 5. The number of rotatable bonds is 5. The quantitative estimate of drug-likeness (QED) is 0.376. The Morgan fingerprint density at radius 3 is 0.615 bits per heavy atom. The van der Waals surface area contributed by atoms with Gasteiger partial charge in [0, 0.05) is 61.1 Å². The Labute approximate surface area is 175 Å². The fourth-order valence-electron chi connectivity index (χ4n) is 0. The predicted molar refractivity (Wildman–Crippen MR) is 84.4 cm³/mol. The van der Waals surface area contributed by atoms with Gasteiger partial charge in [0.25, 0.3) is 0 Å². The molecule has 0 spiro atoms. The monoisotopic (exact) mass is 604 g/mol. The van der Waals surface area contributed by atoms with E-state index < -0.39 is 29.8 Å². The van der Waals surface area contributed by atoms with Crippen LogP contribution in [0.3, 0.4) is 0 Å². The first-order valence-corrected chi connectivity index (χ1v) is 7.40. The van der Waals surface area contributed by atoms with E-state index >= 15 is 0 Å². The van der Waals surface area contributed by atoms with Gasteiger partial charge in [0.05, 0.1) is 0 Å². The van der Waals surface area contributed by atoms with Crippen molar-refractivity contribution in [3.63, 3.8) is 0 Å². The first-order chi connectivity index (χ1) is 11.4. The van der Waals surface area contributed by atoms with Crippen molar-refractivity contribution in [2.45, 2.75) is 66.7 Å². The largest absolute Gasteiger partial charge is 0.550 e. The van der Waals surface area contributed by atoms with Crippen molar-refractivity contribution >= 4 is 29.8 Å². The van der Waals surface area contributed by atoms with Gasteiger partial charge in [0.15, 0.2) is 0 Å². The minimum atomic E-state index is -0.995. The third-order valence-electron chi connectivity index (χ3n) is 1.48. The summed E-state index contributed by atoms with van der Waals surface area (Å²) >= 11 is 0. The zero-order valence-corrected chi connectivity index (χ0v) is 19.4. The van der Waals surface area contributed by atoms with Gasteiger partial charge in [-0.15, -0.1) is 0 Å². The molecule has 0 rings (SSSR count). The van der Waals surface area contributed by atoms with Crippen LogP contribution in [0.25, 0.3) is 0 Å². The van der Waals surface area contributed by atoms with E-state index in [1.165, 1.54) is 13.8 Å². The molecule has 3 N–H and O–H groups in total. The topological polar surface area (TPSA) is 192 Å². The van der Waals surface area contributed by atoms with Crippen LogP contribution in [-0.4, -0.2) is 45.2 Å². The fraction of sp³-hybridized carbons (Fsp3) is 0.667. The zero-order chi connectivity index (χ0) is 21.4. The Kier molecular flexibility index (Phi) is 52.6. The minimum Gasteiger partial charge on any atom is -0.550 e. The summed E-state index contributed by atoms with van der Waals surface area (Å²) in [4.78, 5) is 46.6. The Morgan fingerprint density at radius 1 is 0.538 bits per heavy atom. The molecule has 0 amide bonds. The van der Waals surface area contributed by atoms with Crippen LogP contribution in [-0.2, 0) is 24.0 Å². The standard InChI is InChI=1S/5C3H6O2.Np/c5*1-2-3(4)5;/h5*2H2,1H3,(H,4,5);/p-2. The van der Waals surface area contributed by atoms with Crippen LogP contribution in [0.5, 0.6) is 0 Å². The van der Waals surface area contributed by atoms with Crippen molar-refractivity contribution in [2.24, 2.45) is 0 Å². The summed E-state index contributed by atoms with van der Waals surface area (Å²) in [7, 11) is 0. The molecule has 10 nitrogen and oxygen atoms in total. The maximum absolute atomic E-state index is 9.37. The van der Waals surface area contributed by atoms with Gasteiger partial charge in [0.2, 0.25) is 0 Å². The van der Waals surface area contributed by atoms with Gasteiger partial charge in [0.1, 0.15) is 0 Å². The molecule has 0 fully saturated rings. The van der Waals surface area contributed by atoms with Gasteiger partial charge in [-0.25, -0.2) is 0 Å². The summed E-state index contributed by atoms with van der Waals surface area (Å²) in [5.74, 6) is -4.23. The number of carbonyl (C=O) groups excluding carboxylic acids is 2. The number of aliphatic carboxylic acids is 5. The van der Waals surface area contributed by atoms with Crippen molar-refractivity contribution in [3.05, 3.63) is 0 Å². The molecule has 155 valence electrons. The molecule has 11 heteroatoms. The molecule has 0 heterocycles. The first-order valence-electron chi connectivity index (χ1n) is 7.40. The normalized spacial score (nSPS) is 7.12. The summed E-state index contributed by atoms with van der Waals surface area (Å²) < 4.78 is 0. The predicted octanol–water partition coefficient (Wildman–Crippen LogP) is -0.264. The van der Waals surface area contributed by atoms with E-state index in [1.807, 2.05) is 0 Å². The van der Waals surface area contributed by atoms with Crippen molar-refractivity contribution in [1.29, 1.82) is 0 Å². The summed E-state index contributed by atoms with van der Waals surface area (Å²) in [6, 6.07) is 0. The summed E-state index contributed by atoms with van der Waals surface area (Å²) in [5, 5.41) is 41.7. The van der Waals surface area contributed by atoms with Gasteiger partial charge >= 0.3 is 17.9 Å². The van der Waals surface area contributed by atoms with E-state index in [4.69, 9.17) is 15.3 Å². The Bertz CT molecular complexity index is 288. The van der Waals surface area contributed by atoms with Gasteiger partial charge in [-0.05, 0) is 12.8 Å². The second-order valence-electron chi connectivity index (χ2n) is 3.69. The maximum atomic E-state index is 9.37. The minimum absolute atomic E-state index is 0. The molecule has 0 aromatic rings. The average molecular weight is 605 g/mol. The molecule has 0 aromatic heterocycles. The maximum Gasteiger partial charge on any atom is 0.303 e. The molecule has 0 aliphatic rings. The molecule has 0 saturated heterocycles. The Hall–Kier alpha value is -1.64. The van der Waals surface area contributed by atoms with Crippen LogP contribution < -0.4 is 10.2 Å². The molecule has 0 aliphatic carbocycles. The second-order valence-corrected chi connectivity index (χ2v) is 3.69. The molecule has 0 aliphatic heterocycles. The van der Waals surface area contributed by atoms with Crippen molar-refractivity contribution < 1.29 is 79.4 Å². The second kappa shape index (κ2) is 34.6.